The molecule has 1 unspecified atom stereocenters. The highest BCUT2D eigenvalue weighted by Crippen LogP contribution is 2.08. The van der Waals surface area contributed by atoms with Crippen LogP contribution in [0.15, 0.2) is 24.5 Å². The molecular formula is C9H16O2. The van der Waals surface area contributed by atoms with Crippen molar-refractivity contribution < 1.29 is 9.47 Å². The van der Waals surface area contributed by atoms with Gasteiger partial charge < -0.3 is 9.47 Å². The third-order valence-corrected chi connectivity index (χ3v) is 1.22. The fourth-order valence-electron chi connectivity index (χ4n) is 0.612. The van der Waals surface area contributed by atoms with Gasteiger partial charge in [0, 0.05) is 7.11 Å². The standard InChI is InChI=1S/C9H16O2/c1-7(2)9(4)11-8(3)6-10-5/h8H,1,4,6H2,2-3,5H3. The lowest BCUT2D eigenvalue weighted by Gasteiger charge is -2.15. The van der Waals surface area contributed by atoms with Crippen LogP contribution in [0.1, 0.15) is 13.8 Å². The summed E-state index contributed by atoms with van der Waals surface area (Å²) in [6.45, 7) is 11.8. The van der Waals surface area contributed by atoms with Crippen LogP contribution in [-0.2, 0) is 9.47 Å². The molecule has 0 saturated carbocycles. The summed E-state index contributed by atoms with van der Waals surface area (Å²) in [6.07, 6.45) is 0.0456. The molecule has 0 aliphatic rings. The topological polar surface area (TPSA) is 18.5 Å². The summed E-state index contributed by atoms with van der Waals surface area (Å²) in [7, 11) is 1.64. The Hall–Kier alpha value is -0.760. The van der Waals surface area contributed by atoms with Crippen LogP contribution in [0.3, 0.4) is 0 Å². The first-order chi connectivity index (χ1) is 5.07. The molecule has 0 saturated heterocycles. The highest BCUT2D eigenvalue weighted by molar-refractivity contribution is 5.16. The van der Waals surface area contributed by atoms with Crippen LogP contribution in [0.25, 0.3) is 0 Å². The Morgan fingerprint density at radius 3 is 2.36 bits per heavy atom. The Bertz CT molecular complexity index is 150. The quantitative estimate of drug-likeness (QED) is 0.448. The molecular weight excluding hydrogens is 140 g/mol. The van der Waals surface area contributed by atoms with E-state index in [1.54, 1.807) is 7.11 Å². The minimum atomic E-state index is 0.0456. The third-order valence-electron chi connectivity index (χ3n) is 1.22. The molecule has 0 aromatic rings. The highest BCUT2D eigenvalue weighted by atomic mass is 16.5. The normalized spacial score (nSPS) is 12.3. The Kier molecular flexibility index (Phi) is 4.62. The number of allylic oxidation sites excluding steroid dienone is 1. The zero-order chi connectivity index (χ0) is 8.85. The predicted molar refractivity (Wildman–Crippen MR) is 46.4 cm³/mol. The maximum absolute atomic E-state index is 5.33. The first-order valence-corrected chi connectivity index (χ1v) is 3.58. The summed E-state index contributed by atoms with van der Waals surface area (Å²) in [6, 6.07) is 0. The number of hydrogen-bond donors (Lipinski definition) is 0. The first kappa shape index (κ1) is 10.2. The smallest absolute Gasteiger partial charge is 0.119 e. The lowest BCUT2D eigenvalue weighted by Crippen LogP contribution is -2.14. The van der Waals surface area contributed by atoms with Gasteiger partial charge in [-0.2, -0.15) is 0 Å². The van der Waals surface area contributed by atoms with Crippen molar-refractivity contribution in [3.05, 3.63) is 24.5 Å². The molecule has 64 valence electrons. The fraction of sp³-hybridized carbons (Fsp3) is 0.556. The average molecular weight is 156 g/mol. The Morgan fingerprint density at radius 1 is 1.45 bits per heavy atom. The summed E-state index contributed by atoms with van der Waals surface area (Å²) in [5, 5.41) is 0. The van der Waals surface area contributed by atoms with Gasteiger partial charge in [-0.1, -0.05) is 13.2 Å². The lowest BCUT2D eigenvalue weighted by atomic mass is 10.3. The molecule has 0 spiro atoms. The summed E-state index contributed by atoms with van der Waals surface area (Å²) in [5.74, 6) is 0.634. The van der Waals surface area contributed by atoms with E-state index < -0.39 is 0 Å². The molecule has 1 atom stereocenters. The predicted octanol–water partition coefficient (Wildman–Crippen LogP) is 2.13. The van der Waals surface area contributed by atoms with Gasteiger partial charge in [0.25, 0.3) is 0 Å². The maximum Gasteiger partial charge on any atom is 0.119 e. The molecule has 0 radical (unpaired) electrons. The minimum absolute atomic E-state index is 0.0456. The van der Waals surface area contributed by atoms with E-state index in [4.69, 9.17) is 9.47 Å². The molecule has 0 heterocycles. The first-order valence-electron chi connectivity index (χ1n) is 3.58. The van der Waals surface area contributed by atoms with Gasteiger partial charge in [0.15, 0.2) is 0 Å². The van der Waals surface area contributed by atoms with E-state index in [2.05, 4.69) is 13.2 Å². The van der Waals surface area contributed by atoms with E-state index >= 15 is 0 Å². The molecule has 0 N–H and O–H groups in total. The van der Waals surface area contributed by atoms with E-state index in [-0.39, 0.29) is 6.10 Å². The van der Waals surface area contributed by atoms with Crippen molar-refractivity contribution in [1.82, 2.24) is 0 Å². The third kappa shape index (κ3) is 4.62. The van der Waals surface area contributed by atoms with E-state index in [1.807, 2.05) is 13.8 Å². The van der Waals surface area contributed by atoms with Crippen LogP contribution < -0.4 is 0 Å². The van der Waals surface area contributed by atoms with Gasteiger partial charge in [-0.25, -0.2) is 0 Å². The SMILES string of the molecule is C=C(C)C(=C)OC(C)COC. The van der Waals surface area contributed by atoms with Crippen LogP contribution in [0.4, 0.5) is 0 Å². The van der Waals surface area contributed by atoms with Crippen molar-refractivity contribution in [2.45, 2.75) is 20.0 Å². The molecule has 0 aliphatic heterocycles. The van der Waals surface area contributed by atoms with E-state index in [9.17, 15) is 0 Å². The fourth-order valence-corrected chi connectivity index (χ4v) is 0.612. The van der Waals surface area contributed by atoms with Crippen molar-refractivity contribution in [2.24, 2.45) is 0 Å². The maximum atomic E-state index is 5.33. The van der Waals surface area contributed by atoms with Crippen molar-refractivity contribution in [3.63, 3.8) is 0 Å². The largest absolute Gasteiger partial charge is 0.489 e. The van der Waals surface area contributed by atoms with Crippen molar-refractivity contribution >= 4 is 0 Å². The molecule has 2 heteroatoms. The van der Waals surface area contributed by atoms with E-state index in [1.165, 1.54) is 0 Å². The molecule has 0 aliphatic carbocycles. The zero-order valence-electron chi connectivity index (χ0n) is 7.52. The van der Waals surface area contributed by atoms with E-state index in [0.717, 1.165) is 5.57 Å². The van der Waals surface area contributed by atoms with Crippen molar-refractivity contribution in [1.29, 1.82) is 0 Å². The highest BCUT2D eigenvalue weighted by Gasteiger charge is 2.03. The van der Waals surface area contributed by atoms with Gasteiger partial charge in [-0.15, -0.1) is 0 Å². The minimum Gasteiger partial charge on any atom is -0.489 e. The Labute approximate surface area is 68.5 Å². The van der Waals surface area contributed by atoms with Crippen LogP contribution in [0.2, 0.25) is 0 Å². The molecule has 2 nitrogen and oxygen atoms in total. The average Bonchev–Trinajstić information content (AvgIpc) is 1.87. The summed E-state index contributed by atoms with van der Waals surface area (Å²) < 4.78 is 10.2. The number of hydrogen-bond acceptors (Lipinski definition) is 2. The second-order valence-electron chi connectivity index (χ2n) is 2.59. The van der Waals surface area contributed by atoms with Crippen LogP contribution in [0, 0.1) is 0 Å². The molecule has 0 fully saturated rings. The van der Waals surface area contributed by atoms with Gasteiger partial charge in [0.2, 0.25) is 0 Å². The van der Waals surface area contributed by atoms with Crippen molar-refractivity contribution in [2.75, 3.05) is 13.7 Å². The second kappa shape index (κ2) is 4.97. The molecule has 0 amide bonds. The van der Waals surface area contributed by atoms with Gasteiger partial charge in [-0.05, 0) is 19.4 Å². The lowest BCUT2D eigenvalue weighted by molar-refractivity contribution is 0.0522. The van der Waals surface area contributed by atoms with E-state index in [0.29, 0.717) is 12.4 Å². The molecule has 0 bridgehead atoms. The molecule has 11 heavy (non-hydrogen) atoms. The summed E-state index contributed by atoms with van der Waals surface area (Å²) in [4.78, 5) is 0. The van der Waals surface area contributed by atoms with Gasteiger partial charge in [0.1, 0.15) is 11.9 Å². The van der Waals surface area contributed by atoms with Crippen LogP contribution in [0.5, 0.6) is 0 Å². The van der Waals surface area contributed by atoms with Crippen molar-refractivity contribution in [3.8, 4) is 0 Å². The summed E-state index contributed by atoms with van der Waals surface area (Å²) in [5.41, 5.74) is 0.855. The van der Waals surface area contributed by atoms with Crippen LogP contribution in [-0.4, -0.2) is 19.8 Å². The number of methoxy groups -OCH3 is 1. The van der Waals surface area contributed by atoms with Gasteiger partial charge in [-0.3, -0.25) is 0 Å². The monoisotopic (exact) mass is 156 g/mol. The van der Waals surface area contributed by atoms with Gasteiger partial charge >= 0.3 is 0 Å². The van der Waals surface area contributed by atoms with Gasteiger partial charge in [0.05, 0.1) is 6.61 Å². The zero-order valence-corrected chi connectivity index (χ0v) is 7.52. The Balaban J connectivity index is 3.66. The summed E-state index contributed by atoms with van der Waals surface area (Å²) >= 11 is 0. The number of ether oxygens (including phenoxy) is 2. The molecule has 0 aromatic heterocycles. The van der Waals surface area contributed by atoms with Crippen LogP contribution >= 0.6 is 0 Å². The number of rotatable bonds is 5. The Morgan fingerprint density at radius 2 is 2.00 bits per heavy atom. The molecule has 0 rings (SSSR count). The second-order valence-corrected chi connectivity index (χ2v) is 2.59. The molecule has 0 aromatic carbocycles.